The van der Waals surface area contributed by atoms with E-state index in [9.17, 15) is 4.79 Å². The number of nitrogens with two attached hydrogens (primary N) is 1. The maximum Gasteiger partial charge on any atom is 0.262 e. The number of nitrogens with one attached hydrogen (secondary N) is 3. The highest BCUT2D eigenvalue weighted by atomic mass is 35.5. The van der Waals surface area contributed by atoms with Gasteiger partial charge in [0.1, 0.15) is 16.2 Å². The molecule has 0 atom stereocenters. The van der Waals surface area contributed by atoms with E-state index in [1.54, 1.807) is 0 Å². The topological polar surface area (TPSA) is 112 Å². The molecule has 0 spiro atoms. The Balaban J connectivity index is 0.00000180. The number of hydrogen-bond acceptors (Lipinski definition) is 6. The van der Waals surface area contributed by atoms with Crippen molar-refractivity contribution in [1.82, 2.24) is 25.3 Å². The molecular weight excluding hydrogens is 384 g/mol. The number of H-pyrrole nitrogens is 2. The van der Waals surface area contributed by atoms with Crippen LogP contribution in [-0.4, -0.2) is 33.0 Å². The summed E-state index contributed by atoms with van der Waals surface area (Å²) in [5.74, 6) is 0.915. The molecule has 4 aromatic heterocycles. The van der Waals surface area contributed by atoms with Gasteiger partial charge in [0.25, 0.3) is 5.56 Å². The number of nitrogen functional groups attached to an aromatic ring is 1. The monoisotopic (exact) mass is 402 g/mol. The zero-order valence-electron chi connectivity index (χ0n) is 14.4. The van der Waals surface area contributed by atoms with Gasteiger partial charge >= 0.3 is 0 Å². The van der Waals surface area contributed by atoms with Crippen molar-refractivity contribution < 1.29 is 0 Å². The van der Waals surface area contributed by atoms with Crippen LogP contribution in [0.4, 0.5) is 5.69 Å². The number of halogens is 1. The summed E-state index contributed by atoms with van der Waals surface area (Å²) in [6.45, 7) is 2.03. The quantitative estimate of drug-likeness (QED) is 0.411. The van der Waals surface area contributed by atoms with E-state index in [2.05, 4.69) is 26.3 Å². The van der Waals surface area contributed by atoms with Gasteiger partial charge in [-0.15, -0.1) is 23.7 Å². The first-order chi connectivity index (χ1) is 12.7. The van der Waals surface area contributed by atoms with Crippen LogP contribution in [0.5, 0.6) is 0 Å². The van der Waals surface area contributed by atoms with Crippen LogP contribution in [0, 0.1) is 0 Å². The molecule has 27 heavy (non-hydrogen) atoms. The lowest BCUT2D eigenvalue weighted by Gasteiger charge is -2.21. The number of aromatic nitrogens is 4. The zero-order chi connectivity index (χ0) is 17.7. The molecule has 5 heterocycles. The number of rotatable bonds is 2. The molecule has 0 aromatic carbocycles. The molecule has 1 fully saturated rings. The molecule has 4 aromatic rings. The van der Waals surface area contributed by atoms with E-state index in [4.69, 9.17) is 10.7 Å². The molecule has 0 saturated carbocycles. The summed E-state index contributed by atoms with van der Waals surface area (Å²) in [5.41, 5.74) is 9.34. The second-order valence-corrected chi connectivity index (χ2v) is 7.54. The summed E-state index contributed by atoms with van der Waals surface area (Å²) in [5, 5.41) is 6.12. The summed E-state index contributed by atoms with van der Waals surface area (Å²) < 4.78 is 0. The fourth-order valence-corrected chi connectivity index (χ4v) is 4.44. The van der Waals surface area contributed by atoms with Crippen LogP contribution in [0.15, 0.2) is 28.4 Å². The smallest absolute Gasteiger partial charge is 0.262 e. The number of thiophene rings is 1. The number of piperidine rings is 1. The zero-order valence-corrected chi connectivity index (χ0v) is 16.0. The van der Waals surface area contributed by atoms with Crippen LogP contribution in [-0.2, 0) is 0 Å². The third-order valence-electron chi connectivity index (χ3n) is 5.04. The second-order valence-electron chi connectivity index (χ2n) is 6.62. The van der Waals surface area contributed by atoms with Gasteiger partial charge < -0.3 is 21.0 Å². The molecular formula is C18H19ClN6OS. The SMILES string of the molecule is Cl.Nc1c(-c2nc3nc(C4CCNCC4)ccc3[nH]2)c(=O)[nH]c2sccc12. The molecule has 0 aliphatic carbocycles. The number of aromatic amines is 2. The van der Waals surface area contributed by atoms with E-state index in [0.717, 1.165) is 47.4 Å². The Kier molecular flexibility index (Phi) is 4.63. The normalized spacial score (nSPS) is 15.3. The van der Waals surface area contributed by atoms with Crippen molar-refractivity contribution in [2.75, 3.05) is 18.8 Å². The highest BCUT2D eigenvalue weighted by molar-refractivity contribution is 7.16. The van der Waals surface area contributed by atoms with Crippen molar-refractivity contribution in [2.45, 2.75) is 18.8 Å². The van der Waals surface area contributed by atoms with Crippen LogP contribution < -0.4 is 16.6 Å². The summed E-state index contributed by atoms with van der Waals surface area (Å²) in [7, 11) is 0. The number of fused-ring (bicyclic) bond motifs is 2. The Labute approximate surface area is 164 Å². The Morgan fingerprint density at radius 2 is 1.93 bits per heavy atom. The Hall–Kier alpha value is -2.42. The summed E-state index contributed by atoms with van der Waals surface area (Å²) >= 11 is 1.46. The number of pyridine rings is 2. The third kappa shape index (κ3) is 2.99. The van der Waals surface area contributed by atoms with Crippen LogP contribution in [0.1, 0.15) is 24.5 Å². The predicted octanol–water partition coefficient (Wildman–Crippen LogP) is 3.00. The molecule has 0 bridgehead atoms. The second kappa shape index (κ2) is 6.95. The highest BCUT2D eigenvalue weighted by Crippen LogP contribution is 2.31. The average Bonchev–Trinajstić information content (AvgIpc) is 3.28. The van der Waals surface area contributed by atoms with Crippen molar-refractivity contribution in [3.63, 3.8) is 0 Å². The van der Waals surface area contributed by atoms with Crippen molar-refractivity contribution >= 4 is 50.8 Å². The number of nitrogens with zero attached hydrogens (tertiary/aromatic N) is 2. The van der Waals surface area contributed by atoms with Crippen LogP contribution >= 0.6 is 23.7 Å². The summed E-state index contributed by atoms with van der Waals surface area (Å²) in [6, 6.07) is 5.95. The third-order valence-corrected chi connectivity index (χ3v) is 5.87. The molecule has 140 valence electrons. The van der Waals surface area contributed by atoms with Gasteiger partial charge in [0.05, 0.1) is 11.2 Å². The van der Waals surface area contributed by atoms with Gasteiger partial charge in [-0.3, -0.25) is 4.79 Å². The van der Waals surface area contributed by atoms with E-state index >= 15 is 0 Å². The van der Waals surface area contributed by atoms with E-state index < -0.39 is 0 Å². The Morgan fingerprint density at radius 3 is 2.74 bits per heavy atom. The van der Waals surface area contributed by atoms with E-state index in [1.807, 2.05) is 17.5 Å². The minimum atomic E-state index is -0.241. The lowest BCUT2D eigenvalue weighted by atomic mass is 9.94. The maximum atomic E-state index is 12.5. The van der Waals surface area contributed by atoms with Gasteiger partial charge in [-0.25, -0.2) is 9.97 Å². The molecule has 1 saturated heterocycles. The van der Waals surface area contributed by atoms with Gasteiger partial charge in [0.2, 0.25) is 0 Å². The van der Waals surface area contributed by atoms with Crippen molar-refractivity contribution in [1.29, 1.82) is 0 Å². The Bertz CT molecular complexity index is 1170. The molecule has 1 aliphatic heterocycles. The van der Waals surface area contributed by atoms with Crippen LogP contribution in [0.2, 0.25) is 0 Å². The lowest BCUT2D eigenvalue weighted by Crippen LogP contribution is -2.27. The van der Waals surface area contributed by atoms with Gasteiger partial charge in [-0.2, -0.15) is 0 Å². The van der Waals surface area contributed by atoms with Crippen LogP contribution in [0.3, 0.4) is 0 Å². The molecule has 0 unspecified atom stereocenters. The summed E-state index contributed by atoms with van der Waals surface area (Å²) in [6.07, 6.45) is 2.16. The van der Waals surface area contributed by atoms with Crippen molar-refractivity contribution in [3.05, 3.63) is 39.6 Å². The number of hydrogen-bond donors (Lipinski definition) is 4. The van der Waals surface area contributed by atoms with Crippen LogP contribution in [0.25, 0.3) is 32.8 Å². The lowest BCUT2D eigenvalue weighted by molar-refractivity contribution is 0.454. The standard InChI is InChI=1S/C18H18N6OS.ClH/c19-14-10-5-8-26-18(10)24-17(25)13(14)16-22-12-2-1-11(21-15(12)23-16)9-3-6-20-7-4-9;/h1-2,5,8-9,20H,3-4,6-7H2,(H3,19,24,25)(H,21,22,23);1H. The highest BCUT2D eigenvalue weighted by Gasteiger charge is 2.19. The molecule has 0 radical (unpaired) electrons. The largest absolute Gasteiger partial charge is 0.397 e. The van der Waals surface area contributed by atoms with Gasteiger partial charge in [0, 0.05) is 17.0 Å². The fourth-order valence-electron chi connectivity index (χ4n) is 3.65. The number of anilines is 1. The first-order valence-electron chi connectivity index (χ1n) is 8.67. The molecule has 0 amide bonds. The minimum Gasteiger partial charge on any atom is -0.397 e. The maximum absolute atomic E-state index is 12.5. The van der Waals surface area contributed by atoms with Gasteiger partial charge in [0.15, 0.2) is 5.65 Å². The fraction of sp³-hybridized carbons (Fsp3) is 0.278. The predicted molar refractivity (Wildman–Crippen MR) is 112 cm³/mol. The first kappa shape index (κ1) is 18.0. The van der Waals surface area contributed by atoms with E-state index in [0.29, 0.717) is 28.6 Å². The van der Waals surface area contributed by atoms with Crippen molar-refractivity contribution in [3.8, 4) is 11.4 Å². The van der Waals surface area contributed by atoms with E-state index in [-0.39, 0.29) is 18.0 Å². The molecule has 9 heteroatoms. The minimum absolute atomic E-state index is 0. The molecule has 7 nitrogen and oxygen atoms in total. The number of imidazole rings is 1. The van der Waals surface area contributed by atoms with E-state index in [1.165, 1.54) is 11.3 Å². The first-order valence-corrected chi connectivity index (χ1v) is 9.55. The summed E-state index contributed by atoms with van der Waals surface area (Å²) in [4.78, 5) is 28.7. The van der Waals surface area contributed by atoms with Gasteiger partial charge in [-0.05, 0) is 49.5 Å². The van der Waals surface area contributed by atoms with Gasteiger partial charge in [-0.1, -0.05) is 0 Å². The molecule has 5 N–H and O–H groups in total. The average molecular weight is 403 g/mol. The molecule has 5 rings (SSSR count). The Morgan fingerprint density at radius 1 is 1.11 bits per heavy atom. The molecule has 1 aliphatic rings. The van der Waals surface area contributed by atoms with Crippen molar-refractivity contribution in [2.24, 2.45) is 0 Å².